The van der Waals surface area contributed by atoms with E-state index in [0.717, 1.165) is 0 Å². The van der Waals surface area contributed by atoms with Crippen molar-refractivity contribution in [3.63, 3.8) is 0 Å². The third kappa shape index (κ3) is 2.85. The first-order chi connectivity index (χ1) is 8.48. The summed E-state index contributed by atoms with van der Waals surface area (Å²) in [5, 5.41) is 0. The lowest BCUT2D eigenvalue weighted by molar-refractivity contribution is -0.139. The number of benzene rings is 2. The summed E-state index contributed by atoms with van der Waals surface area (Å²) in [5.74, 6) is 0.143. The smallest absolute Gasteiger partial charge is 0.421 e. The number of alkyl halides is 3. The van der Waals surface area contributed by atoms with Crippen molar-refractivity contribution in [1.82, 2.24) is 0 Å². The highest BCUT2D eigenvalue weighted by Crippen LogP contribution is 2.42. The molecule has 2 aromatic rings. The van der Waals surface area contributed by atoms with Crippen molar-refractivity contribution in [2.45, 2.75) is 6.18 Å². The molecule has 0 aromatic heterocycles. The molecule has 0 aliphatic rings. The first-order valence-electron chi connectivity index (χ1n) is 5.07. The number of para-hydroxylation sites is 1. The number of ether oxygens (including phenoxy) is 1. The second-order valence-corrected chi connectivity index (χ2v) is 4.38. The molecular weight excluding hydrogens is 309 g/mol. The first kappa shape index (κ1) is 13.0. The van der Waals surface area contributed by atoms with Crippen LogP contribution in [0.25, 0.3) is 0 Å². The SMILES string of the molecule is FC(F)(F)c1c(Br)cccc1Oc1ccccc1. The van der Waals surface area contributed by atoms with Gasteiger partial charge in [-0.05, 0) is 24.3 Å². The average molecular weight is 317 g/mol. The summed E-state index contributed by atoms with van der Waals surface area (Å²) in [6.07, 6.45) is -4.47. The summed E-state index contributed by atoms with van der Waals surface area (Å²) in [5.41, 5.74) is -0.811. The van der Waals surface area contributed by atoms with Gasteiger partial charge in [0.15, 0.2) is 0 Å². The fraction of sp³-hybridized carbons (Fsp3) is 0.0769. The van der Waals surface area contributed by atoms with E-state index in [0.29, 0.717) is 5.75 Å². The number of hydrogen-bond donors (Lipinski definition) is 0. The fourth-order valence-corrected chi connectivity index (χ4v) is 2.05. The van der Waals surface area contributed by atoms with Crippen LogP contribution in [0.5, 0.6) is 11.5 Å². The van der Waals surface area contributed by atoms with Crippen LogP contribution in [0.15, 0.2) is 53.0 Å². The highest BCUT2D eigenvalue weighted by Gasteiger charge is 2.36. The Kier molecular flexibility index (Phi) is 3.61. The Labute approximate surface area is 110 Å². The van der Waals surface area contributed by atoms with E-state index in [1.165, 1.54) is 18.2 Å². The molecule has 1 nitrogen and oxygen atoms in total. The standard InChI is InChI=1S/C13H8BrF3O/c14-10-7-4-8-11(12(10)13(15,16)17)18-9-5-2-1-3-6-9/h1-8H. The molecule has 0 spiro atoms. The molecule has 2 aromatic carbocycles. The van der Waals surface area contributed by atoms with E-state index in [1.54, 1.807) is 30.3 Å². The quantitative estimate of drug-likeness (QED) is 0.734. The number of hydrogen-bond acceptors (Lipinski definition) is 1. The number of halogens is 4. The summed E-state index contributed by atoms with van der Waals surface area (Å²) in [7, 11) is 0. The average Bonchev–Trinajstić information content (AvgIpc) is 2.28. The molecule has 94 valence electrons. The molecule has 5 heteroatoms. The normalized spacial score (nSPS) is 11.3. The van der Waals surface area contributed by atoms with Crippen LogP contribution in [-0.2, 0) is 6.18 Å². The largest absolute Gasteiger partial charge is 0.457 e. The molecule has 0 aliphatic carbocycles. The molecule has 0 saturated carbocycles. The zero-order chi connectivity index (χ0) is 13.2. The van der Waals surface area contributed by atoms with Crippen molar-refractivity contribution in [2.24, 2.45) is 0 Å². The zero-order valence-electron chi connectivity index (χ0n) is 9.04. The third-order valence-corrected chi connectivity index (χ3v) is 2.89. The summed E-state index contributed by atoms with van der Waals surface area (Å²) in [4.78, 5) is 0. The van der Waals surface area contributed by atoms with Gasteiger partial charge in [-0.3, -0.25) is 0 Å². The molecule has 0 heterocycles. The van der Waals surface area contributed by atoms with Crippen LogP contribution in [0.2, 0.25) is 0 Å². The highest BCUT2D eigenvalue weighted by atomic mass is 79.9. The monoisotopic (exact) mass is 316 g/mol. The lowest BCUT2D eigenvalue weighted by Gasteiger charge is -2.15. The second kappa shape index (κ2) is 5.02. The predicted molar refractivity (Wildman–Crippen MR) is 65.7 cm³/mol. The molecule has 0 fully saturated rings. The molecule has 0 aliphatic heterocycles. The number of rotatable bonds is 2. The van der Waals surface area contributed by atoms with Crippen molar-refractivity contribution in [2.75, 3.05) is 0 Å². The molecule has 0 N–H and O–H groups in total. The van der Waals surface area contributed by atoms with Crippen LogP contribution < -0.4 is 4.74 Å². The third-order valence-electron chi connectivity index (χ3n) is 2.23. The van der Waals surface area contributed by atoms with Gasteiger partial charge in [-0.1, -0.05) is 40.2 Å². The van der Waals surface area contributed by atoms with E-state index < -0.39 is 11.7 Å². The van der Waals surface area contributed by atoms with Gasteiger partial charge in [0.2, 0.25) is 0 Å². The van der Waals surface area contributed by atoms with Gasteiger partial charge in [0, 0.05) is 4.47 Å². The van der Waals surface area contributed by atoms with Crippen molar-refractivity contribution >= 4 is 15.9 Å². The molecule has 0 saturated heterocycles. The van der Waals surface area contributed by atoms with Gasteiger partial charge in [0.05, 0.1) is 0 Å². The van der Waals surface area contributed by atoms with Crippen LogP contribution >= 0.6 is 15.9 Å². The molecule has 0 radical (unpaired) electrons. The van der Waals surface area contributed by atoms with Crippen molar-refractivity contribution < 1.29 is 17.9 Å². The molecule has 0 bridgehead atoms. The summed E-state index contributed by atoms with van der Waals surface area (Å²) in [6.45, 7) is 0. The van der Waals surface area contributed by atoms with Gasteiger partial charge in [-0.2, -0.15) is 13.2 Å². The van der Waals surface area contributed by atoms with E-state index in [9.17, 15) is 13.2 Å². The lowest BCUT2D eigenvalue weighted by Crippen LogP contribution is -2.08. The van der Waals surface area contributed by atoms with E-state index in [2.05, 4.69) is 15.9 Å². The minimum atomic E-state index is -4.47. The van der Waals surface area contributed by atoms with Gasteiger partial charge >= 0.3 is 6.18 Å². The second-order valence-electron chi connectivity index (χ2n) is 3.53. The predicted octanol–water partition coefficient (Wildman–Crippen LogP) is 5.26. The molecule has 0 atom stereocenters. The van der Waals surface area contributed by atoms with Gasteiger partial charge in [0.1, 0.15) is 17.1 Å². The van der Waals surface area contributed by atoms with Crippen LogP contribution in [0.1, 0.15) is 5.56 Å². The Morgan fingerprint density at radius 3 is 2.17 bits per heavy atom. The molecule has 2 rings (SSSR count). The topological polar surface area (TPSA) is 9.23 Å². The Balaban J connectivity index is 2.43. The van der Waals surface area contributed by atoms with Crippen LogP contribution in [-0.4, -0.2) is 0 Å². The van der Waals surface area contributed by atoms with Crippen LogP contribution in [0.3, 0.4) is 0 Å². The zero-order valence-corrected chi connectivity index (χ0v) is 10.6. The maximum absolute atomic E-state index is 12.9. The fourth-order valence-electron chi connectivity index (χ4n) is 1.48. The summed E-state index contributed by atoms with van der Waals surface area (Å²) in [6, 6.07) is 12.5. The minimum absolute atomic E-state index is 0.0385. The first-order valence-corrected chi connectivity index (χ1v) is 5.86. The van der Waals surface area contributed by atoms with Crippen molar-refractivity contribution in [1.29, 1.82) is 0 Å². The van der Waals surface area contributed by atoms with Crippen LogP contribution in [0.4, 0.5) is 13.2 Å². The maximum Gasteiger partial charge on any atom is 0.421 e. The van der Waals surface area contributed by atoms with Gasteiger partial charge in [0.25, 0.3) is 0 Å². The highest BCUT2D eigenvalue weighted by molar-refractivity contribution is 9.10. The summed E-state index contributed by atoms with van der Waals surface area (Å²) < 4.78 is 43.9. The van der Waals surface area contributed by atoms with Crippen molar-refractivity contribution in [3.8, 4) is 11.5 Å². The molecule has 18 heavy (non-hydrogen) atoms. The van der Waals surface area contributed by atoms with Crippen LogP contribution in [0, 0.1) is 0 Å². The van der Waals surface area contributed by atoms with Gasteiger partial charge in [-0.25, -0.2) is 0 Å². The minimum Gasteiger partial charge on any atom is -0.457 e. The Morgan fingerprint density at radius 2 is 1.56 bits per heavy atom. The van der Waals surface area contributed by atoms with E-state index in [-0.39, 0.29) is 10.2 Å². The molecular formula is C13H8BrF3O. The van der Waals surface area contributed by atoms with Gasteiger partial charge < -0.3 is 4.74 Å². The van der Waals surface area contributed by atoms with Gasteiger partial charge in [-0.15, -0.1) is 0 Å². The van der Waals surface area contributed by atoms with Crippen molar-refractivity contribution in [3.05, 3.63) is 58.6 Å². The maximum atomic E-state index is 12.9. The Hall–Kier alpha value is -1.49. The lowest BCUT2D eigenvalue weighted by atomic mass is 10.2. The summed E-state index contributed by atoms with van der Waals surface area (Å²) >= 11 is 2.90. The Bertz CT molecular complexity index is 538. The molecule has 0 unspecified atom stereocenters. The van der Waals surface area contributed by atoms with E-state index in [4.69, 9.17) is 4.74 Å². The molecule has 0 amide bonds. The Morgan fingerprint density at radius 1 is 0.889 bits per heavy atom. The van der Waals surface area contributed by atoms with E-state index >= 15 is 0 Å². The van der Waals surface area contributed by atoms with E-state index in [1.807, 2.05) is 0 Å².